The molecule has 4 aliphatic carbocycles. The Kier molecular flexibility index (Phi) is 3.98. The molecule has 9 nitrogen and oxygen atoms in total. The summed E-state index contributed by atoms with van der Waals surface area (Å²) in [7, 11) is -3.82. The first-order chi connectivity index (χ1) is 15.1. The van der Waals surface area contributed by atoms with Crippen molar-refractivity contribution in [2.24, 2.45) is 17.3 Å². The Morgan fingerprint density at radius 2 is 1.88 bits per heavy atom. The Morgan fingerprint density at radius 1 is 1.19 bits per heavy atom. The number of rotatable bonds is 7. The third-order valence-corrected chi connectivity index (χ3v) is 9.46. The Labute approximate surface area is 184 Å². The number of nitrogens with zero attached hydrogens (tertiary/aromatic N) is 2. The Morgan fingerprint density at radius 3 is 2.44 bits per heavy atom. The first kappa shape index (κ1) is 20.2. The highest BCUT2D eigenvalue weighted by Gasteiger charge is 2.74. The van der Waals surface area contributed by atoms with E-state index in [1.807, 2.05) is 6.92 Å². The molecular weight excluding hydrogens is 432 g/mol. The van der Waals surface area contributed by atoms with Crippen LogP contribution in [-0.2, 0) is 21.4 Å². The van der Waals surface area contributed by atoms with E-state index in [0.29, 0.717) is 23.9 Å². The minimum atomic E-state index is -3.82. The Hall–Kier alpha value is -2.46. The summed E-state index contributed by atoms with van der Waals surface area (Å²) in [6.07, 6.45) is 6.22. The van der Waals surface area contributed by atoms with Crippen LogP contribution < -0.4 is 21.4 Å². The van der Waals surface area contributed by atoms with Crippen LogP contribution in [0, 0.1) is 17.3 Å². The highest BCUT2D eigenvalue weighted by molar-refractivity contribution is 7.89. The number of sulfonamides is 1. The minimum Gasteiger partial charge on any atom is -0.291 e. The van der Waals surface area contributed by atoms with Crippen LogP contribution in [0.25, 0.3) is 10.9 Å². The molecule has 0 bridgehead atoms. The van der Waals surface area contributed by atoms with Crippen LogP contribution in [0.5, 0.6) is 0 Å². The maximum atomic E-state index is 13.3. The van der Waals surface area contributed by atoms with Crippen molar-refractivity contribution in [3.05, 3.63) is 39.0 Å². The zero-order valence-electron chi connectivity index (χ0n) is 17.9. The average molecular weight is 459 g/mol. The summed E-state index contributed by atoms with van der Waals surface area (Å²) in [6, 6.07) is 4.29. The fourth-order valence-corrected chi connectivity index (χ4v) is 6.18. The molecule has 1 heterocycles. The molecule has 0 aliphatic heterocycles. The lowest BCUT2D eigenvalue weighted by Crippen LogP contribution is -2.48. The summed E-state index contributed by atoms with van der Waals surface area (Å²) in [5, 5.41) is 0.105. The zero-order valence-corrected chi connectivity index (χ0v) is 18.7. The molecule has 1 amide bonds. The SMILES string of the molecule is CC1(NS(=O)(=O)c2ccc3c(c2)c(=O)n(NC(=O)C24CC2C4)c(=O)n3CC2CCC2)CC1. The second-order valence-corrected chi connectivity index (χ2v) is 12.1. The molecule has 10 heteroatoms. The lowest BCUT2D eigenvalue weighted by molar-refractivity contribution is -0.120. The van der Waals surface area contributed by atoms with Crippen LogP contribution >= 0.6 is 0 Å². The van der Waals surface area contributed by atoms with Crippen LogP contribution in [0.15, 0.2) is 32.7 Å². The van der Waals surface area contributed by atoms with Crippen molar-refractivity contribution in [3.63, 3.8) is 0 Å². The van der Waals surface area contributed by atoms with Gasteiger partial charge in [0.05, 0.1) is 21.2 Å². The van der Waals surface area contributed by atoms with Crippen LogP contribution in [0.4, 0.5) is 0 Å². The lowest BCUT2D eigenvalue weighted by atomic mass is 9.85. The number of nitrogens with one attached hydrogen (secondary N) is 2. The molecule has 0 radical (unpaired) electrons. The second kappa shape index (κ2) is 6.32. The summed E-state index contributed by atoms with van der Waals surface area (Å²) in [6.45, 7) is 2.27. The van der Waals surface area contributed by atoms with Gasteiger partial charge in [-0.2, -0.15) is 4.68 Å². The maximum absolute atomic E-state index is 13.3. The standard InChI is InChI=1S/C22H26N4O5S/c1-21(7-8-21)24-32(30,31)15-5-6-17-16(9-15)18(27)26(23-19(28)22-10-14(22)11-22)20(29)25(17)12-13-3-2-4-13/h5-6,9,13-14,24H,2-4,7-8,10-12H2,1H3,(H,23,28). The van der Waals surface area contributed by atoms with Gasteiger partial charge in [-0.25, -0.2) is 17.9 Å². The smallest absolute Gasteiger partial charge is 0.291 e. The predicted octanol–water partition coefficient (Wildman–Crippen LogP) is 1.27. The van der Waals surface area contributed by atoms with E-state index in [2.05, 4.69) is 10.1 Å². The van der Waals surface area contributed by atoms with Crippen molar-refractivity contribution >= 4 is 26.8 Å². The summed E-state index contributed by atoms with van der Waals surface area (Å²) in [4.78, 5) is 39.1. The van der Waals surface area contributed by atoms with E-state index in [1.165, 1.54) is 22.8 Å². The highest BCUT2D eigenvalue weighted by Crippen LogP contribution is 2.75. The van der Waals surface area contributed by atoms with Gasteiger partial charge in [0.1, 0.15) is 0 Å². The molecular formula is C22H26N4O5S. The van der Waals surface area contributed by atoms with Crippen LogP contribution in [0.3, 0.4) is 0 Å². The number of fused-ring (bicyclic) bond motifs is 2. The summed E-state index contributed by atoms with van der Waals surface area (Å²) in [5.74, 6) is 0.387. The molecule has 2 N–H and O–H groups in total. The van der Waals surface area contributed by atoms with Crippen molar-refractivity contribution in [2.75, 3.05) is 5.43 Å². The van der Waals surface area contributed by atoms with Gasteiger partial charge in [-0.15, -0.1) is 0 Å². The van der Waals surface area contributed by atoms with Gasteiger partial charge in [0.15, 0.2) is 0 Å². The number of hydrogen-bond acceptors (Lipinski definition) is 5. The van der Waals surface area contributed by atoms with E-state index in [1.54, 1.807) is 0 Å². The van der Waals surface area contributed by atoms with E-state index in [-0.39, 0.29) is 16.2 Å². The van der Waals surface area contributed by atoms with Crippen molar-refractivity contribution < 1.29 is 13.2 Å². The molecule has 1 aromatic heterocycles. The topological polar surface area (TPSA) is 119 Å². The summed E-state index contributed by atoms with van der Waals surface area (Å²) in [5.41, 5.74) is 0.783. The fraction of sp³-hybridized carbons (Fsp3) is 0.591. The quantitative estimate of drug-likeness (QED) is 0.648. The van der Waals surface area contributed by atoms with Gasteiger partial charge in [0.2, 0.25) is 15.9 Å². The molecule has 1 aromatic carbocycles. The van der Waals surface area contributed by atoms with E-state index in [9.17, 15) is 22.8 Å². The minimum absolute atomic E-state index is 0.0232. The van der Waals surface area contributed by atoms with E-state index in [4.69, 9.17) is 0 Å². The van der Waals surface area contributed by atoms with Crippen molar-refractivity contribution in [1.29, 1.82) is 0 Å². The largest absolute Gasteiger partial charge is 0.350 e. The molecule has 0 unspecified atom stereocenters. The van der Waals surface area contributed by atoms with Crippen molar-refractivity contribution in [1.82, 2.24) is 14.0 Å². The van der Waals surface area contributed by atoms with E-state index in [0.717, 1.165) is 49.6 Å². The highest BCUT2D eigenvalue weighted by atomic mass is 32.2. The average Bonchev–Trinajstić information content (AvgIpc) is 3.60. The van der Waals surface area contributed by atoms with Crippen molar-refractivity contribution in [2.45, 2.75) is 68.8 Å². The number of hydrogen-bond donors (Lipinski definition) is 2. The summed E-state index contributed by atoms with van der Waals surface area (Å²) >= 11 is 0. The lowest BCUT2D eigenvalue weighted by Gasteiger charge is -2.27. The number of carbonyl (C=O) groups is 1. The van der Waals surface area contributed by atoms with E-state index >= 15 is 0 Å². The van der Waals surface area contributed by atoms with Crippen LogP contribution in [0.1, 0.15) is 51.9 Å². The molecule has 2 aromatic rings. The molecule has 0 saturated heterocycles. The van der Waals surface area contributed by atoms with Crippen molar-refractivity contribution in [3.8, 4) is 0 Å². The molecule has 4 fully saturated rings. The Bertz CT molecular complexity index is 1390. The van der Waals surface area contributed by atoms with Gasteiger partial charge in [0.25, 0.3) is 5.56 Å². The molecule has 4 aliphatic rings. The molecule has 170 valence electrons. The molecule has 6 rings (SSSR count). The molecule has 32 heavy (non-hydrogen) atoms. The number of amides is 1. The first-order valence-electron chi connectivity index (χ1n) is 11.3. The van der Waals surface area contributed by atoms with Gasteiger partial charge in [0, 0.05) is 12.1 Å². The third-order valence-electron chi connectivity index (χ3n) is 7.82. The molecule has 4 saturated carbocycles. The van der Waals surface area contributed by atoms with Gasteiger partial charge in [-0.05, 0) is 75.5 Å². The zero-order chi connectivity index (χ0) is 22.5. The van der Waals surface area contributed by atoms with Crippen LogP contribution in [-0.4, -0.2) is 29.1 Å². The number of carbonyl (C=O) groups excluding carboxylic acids is 1. The first-order valence-corrected chi connectivity index (χ1v) is 12.8. The van der Waals surface area contributed by atoms with Crippen LogP contribution in [0.2, 0.25) is 0 Å². The maximum Gasteiger partial charge on any atom is 0.350 e. The summed E-state index contributed by atoms with van der Waals surface area (Å²) < 4.78 is 30.7. The number of benzene rings is 1. The van der Waals surface area contributed by atoms with E-state index < -0.39 is 32.2 Å². The van der Waals surface area contributed by atoms with Gasteiger partial charge >= 0.3 is 5.69 Å². The monoisotopic (exact) mass is 458 g/mol. The predicted molar refractivity (Wildman–Crippen MR) is 117 cm³/mol. The van der Waals surface area contributed by atoms with Gasteiger partial charge in [-0.3, -0.25) is 19.6 Å². The normalized spacial score (nSPS) is 27.5. The van der Waals surface area contributed by atoms with Gasteiger partial charge < -0.3 is 0 Å². The molecule has 0 atom stereocenters. The third kappa shape index (κ3) is 3.07. The Balaban J connectivity index is 1.47. The fourth-order valence-electron chi connectivity index (χ4n) is 4.69. The molecule has 0 spiro atoms. The second-order valence-electron chi connectivity index (χ2n) is 10.4. The number of aromatic nitrogens is 2. The van der Waals surface area contributed by atoms with Gasteiger partial charge in [-0.1, -0.05) is 6.42 Å².